The Morgan fingerprint density at radius 1 is 1.06 bits per heavy atom. The molecule has 3 aromatic rings. The van der Waals surface area contributed by atoms with Gasteiger partial charge in [0.05, 0.1) is 16.7 Å². The summed E-state index contributed by atoms with van der Waals surface area (Å²) in [7, 11) is -0.525. The van der Waals surface area contributed by atoms with Gasteiger partial charge in [0, 0.05) is 16.6 Å². The average Bonchev–Trinajstić information content (AvgIpc) is 3.14. The van der Waals surface area contributed by atoms with Crippen LogP contribution in [0.1, 0.15) is 48.5 Å². The van der Waals surface area contributed by atoms with Crippen LogP contribution in [0.15, 0.2) is 42.5 Å². The molecular weight excluding hydrogens is 485 g/mol. The van der Waals surface area contributed by atoms with E-state index in [1.54, 1.807) is 0 Å². The van der Waals surface area contributed by atoms with Crippen molar-refractivity contribution < 1.29 is 18.8 Å². The van der Waals surface area contributed by atoms with Crippen molar-refractivity contribution in [1.82, 2.24) is 9.78 Å². The number of ether oxygens (including phenoxy) is 1. The van der Waals surface area contributed by atoms with Crippen LogP contribution in [0.4, 0.5) is 10.5 Å². The highest BCUT2D eigenvalue weighted by molar-refractivity contribution is 8.93. The second-order valence-electron chi connectivity index (χ2n) is 10.2. The number of rotatable bonds is 2. The van der Waals surface area contributed by atoms with E-state index in [0.717, 1.165) is 16.4 Å². The lowest BCUT2D eigenvalue weighted by Gasteiger charge is -2.32. The lowest BCUT2D eigenvalue weighted by molar-refractivity contribution is 0.00578. The number of fused-ring (bicyclic) bond motifs is 1. The largest absolute Gasteiger partial charge is 0.494 e. The summed E-state index contributed by atoms with van der Waals surface area (Å²) in [6, 6.07) is 13.1. The topological polar surface area (TPSA) is 88.6 Å². The Hall–Kier alpha value is -2.36. The van der Waals surface area contributed by atoms with E-state index in [2.05, 4.69) is 5.10 Å². The zero-order valence-electron chi connectivity index (χ0n) is 20.1. The number of hydrogen-bond acceptors (Lipinski definition) is 6. The van der Waals surface area contributed by atoms with E-state index in [-0.39, 0.29) is 17.0 Å². The molecular formula is C24H31BBrN3O4. The zero-order chi connectivity index (χ0) is 23.5. The number of carbonyl (C=O) groups is 1. The molecule has 1 aliphatic heterocycles. The fourth-order valence-electron chi connectivity index (χ4n) is 3.61. The number of hydrogen-bond donors (Lipinski definition) is 1. The molecule has 0 aliphatic carbocycles. The monoisotopic (exact) mass is 515 g/mol. The zero-order valence-corrected chi connectivity index (χ0v) is 21.8. The Bertz CT molecular complexity index is 1180. The Morgan fingerprint density at radius 3 is 2.27 bits per heavy atom. The number of aromatic nitrogens is 2. The quantitative estimate of drug-likeness (QED) is 0.384. The van der Waals surface area contributed by atoms with E-state index < -0.39 is 30.0 Å². The van der Waals surface area contributed by atoms with Crippen molar-refractivity contribution in [3.8, 4) is 11.3 Å². The van der Waals surface area contributed by atoms with Gasteiger partial charge in [0.1, 0.15) is 11.3 Å². The molecule has 2 N–H and O–H groups in total. The maximum Gasteiger partial charge on any atom is 0.494 e. The van der Waals surface area contributed by atoms with Gasteiger partial charge >= 0.3 is 13.2 Å². The highest BCUT2D eigenvalue weighted by Gasteiger charge is 2.51. The van der Waals surface area contributed by atoms with Crippen molar-refractivity contribution in [2.24, 2.45) is 0 Å². The van der Waals surface area contributed by atoms with Crippen LogP contribution in [0, 0.1) is 0 Å². The summed E-state index contributed by atoms with van der Waals surface area (Å²) in [5.74, 6) is 0. The van der Waals surface area contributed by atoms with Gasteiger partial charge in [-0.25, -0.2) is 4.79 Å². The summed E-state index contributed by atoms with van der Waals surface area (Å²) in [6.45, 7) is 13.5. The molecule has 0 spiro atoms. The SMILES string of the molecule is Br.CC(C)(C)OC(=O)n1nc(-c2cccc(N)c2)c2cc(B3OC(C)(C)C(C)(C)O3)ccc21. The molecule has 2 heterocycles. The van der Waals surface area contributed by atoms with Crippen LogP contribution in [0.5, 0.6) is 0 Å². The summed E-state index contributed by atoms with van der Waals surface area (Å²) < 4.78 is 19.3. The third-order valence-electron chi connectivity index (χ3n) is 5.96. The number of benzene rings is 2. The number of halogens is 1. The second-order valence-corrected chi connectivity index (χ2v) is 10.2. The lowest BCUT2D eigenvalue weighted by Crippen LogP contribution is -2.41. The van der Waals surface area contributed by atoms with Gasteiger partial charge in [0.2, 0.25) is 0 Å². The molecule has 0 unspecified atom stereocenters. The maximum absolute atomic E-state index is 12.9. The molecule has 176 valence electrons. The number of nitrogen functional groups attached to an aromatic ring is 1. The Balaban J connectivity index is 0.00000306. The number of nitrogens with two attached hydrogens (primary N) is 1. The van der Waals surface area contributed by atoms with Crippen LogP contribution >= 0.6 is 17.0 Å². The minimum atomic E-state index is -0.644. The van der Waals surface area contributed by atoms with Crippen molar-refractivity contribution in [2.75, 3.05) is 5.73 Å². The molecule has 1 saturated heterocycles. The van der Waals surface area contributed by atoms with Gasteiger partial charge in [-0.15, -0.1) is 17.0 Å². The van der Waals surface area contributed by atoms with Gasteiger partial charge in [-0.1, -0.05) is 24.3 Å². The molecule has 0 bridgehead atoms. The molecule has 0 saturated carbocycles. The summed E-state index contributed by atoms with van der Waals surface area (Å²) in [6.07, 6.45) is -0.541. The smallest absolute Gasteiger partial charge is 0.442 e. The fraction of sp³-hybridized carbons (Fsp3) is 0.417. The van der Waals surface area contributed by atoms with Gasteiger partial charge in [0.15, 0.2) is 0 Å². The van der Waals surface area contributed by atoms with Crippen LogP contribution in [-0.2, 0) is 14.0 Å². The van der Waals surface area contributed by atoms with Crippen LogP contribution in [0.2, 0.25) is 0 Å². The van der Waals surface area contributed by atoms with Crippen molar-refractivity contribution in [1.29, 1.82) is 0 Å². The predicted octanol–water partition coefficient (Wildman–Crippen LogP) is 4.95. The third-order valence-corrected chi connectivity index (χ3v) is 5.96. The van der Waals surface area contributed by atoms with Crippen molar-refractivity contribution in [2.45, 2.75) is 65.3 Å². The van der Waals surface area contributed by atoms with E-state index in [9.17, 15) is 4.79 Å². The summed E-state index contributed by atoms with van der Waals surface area (Å²) >= 11 is 0. The van der Waals surface area contributed by atoms with Crippen LogP contribution in [-0.4, -0.2) is 39.8 Å². The molecule has 2 aromatic carbocycles. The summed E-state index contributed by atoms with van der Waals surface area (Å²) in [5, 5.41) is 5.40. The van der Waals surface area contributed by atoms with Crippen LogP contribution in [0.25, 0.3) is 22.2 Å². The van der Waals surface area contributed by atoms with E-state index in [0.29, 0.717) is 16.9 Å². The standard InChI is InChI=1S/C24H30BN3O4.BrH/c1-22(2,3)30-21(29)28-19-12-11-16(25-31-23(4,5)24(6,7)32-25)14-18(19)20(27-28)15-9-8-10-17(26)13-15;/h8-14H,26H2,1-7H3;1H. The lowest BCUT2D eigenvalue weighted by atomic mass is 9.78. The first-order chi connectivity index (χ1) is 14.8. The molecule has 0 atom stereocenters. The molecule has 4 rings (SSSR count). The third kappa shape index (κ3) is 4.81. The van der Waals surface area contributed by atoms with Crippen LogP contribution < -0.4 is 11.2 Å². The van der Waals surface area contributed by atoms with E-state index in [4.69, 9.17) is 19.8 Å². The molecule has 33 heavy (non-hydrogen) atoms. The molecule has 7 nitrogen and oxygen atoms in total. The maximum atomic E-state index is 12.9. The first-order valence-electron chi connectivity index (χ1n) is 10.7. The molecule has 9 heteroatoms. The molecule has 1 aromatic heterocycles. The first kappa shape index (κ1) is 25.3. The van der Waals surface area contributed by atoms with Gasteiger partial charge in [-0.2, -0.15) is 9.78 Å². The second kappa shape index (κ2) is 8.45. The van der Waals surface area contributed by atoms with Gasteiger partial charge in [0.25, 0.3) is 0 Å². The fourth-order valence-corrected chi connectivity index (χ4v) is 3.61. The van der Waals surface area contributed by atoms with Crippen LogP contribution in [0.3, 0.4) is 0 Å². The van der Waals surface area contributed by atoms with Crippen molar-refractivity contribution >= 4 is 52.2 Å². The molecule has 1 fully saturated rings. The van der Waals surface area contributed by atoms with Gasteiger partial charge in [-0.3, -0.25) is 0 Å². The van der Waals surface area contributed by atoms with Gasteiger partial charge in [-0.05, 0) is 72.1 Å². The predicted molar refractivity (Wildman–Crippen MR) is 137 cm³/mol. The highest BCUT2D eigenvalue weighted by Crippen LogP contribution is 2.37. The first-order valence-corrected chi connectivity index (χ1v) is 10.7. The molecule has 0 amide bonds. The van der Waals surface area contributed by atoms with Crippen molar-refractivity contribution in [3.05, 3.63) is 42.5 Å². The highest BCUT2D eigenvalue weighted by atomic mass is 79.9. The van der Waals surface area contributed by atoms with Crippen molar-refractivity contribution in [3.63, 3.8) is 0 Å². The summed E-state index contributed by atoms with van der Waals surface area (Å²) in [4.78, 5) is 12.9. The Labute approximate surface area is 205 Å². The number of nitrogens with zero attached hydrogens (tertiary/aromatic N) is 2. The summed E-state index contributed by atoms with van der Waals surface area (Å²) in [5.41, 5.74) is 8.01. The van der Waals surface area contributed by atoms with E-state index >= 15 is 0 Å². The van der Waals surface area contributed by atoms with Gasteiger partial charge < -0.3 is 19.8 Å². The number of carbonyl (C=O) groups excluding carboxylic acids is 1. The number of anilines is 1. The molecule has 1 aliphatic rings. The van der Waals surface area contributed by atoms with E-state index in [1.807, 2.05) is 90.9 Å². The minimum Gasteiger partial charge on any atom is -0.442 e. The average molecular weight is 516 g/mol. The minimum absolute atomic E-state index is 0. The Morgan fingerprint density at radius 2 is 1.70 bits per heavy atom. The van der Waals surface area contributed by atoms with E-state index in [1.165, 1.54) is 4.68 Å². The normalized spacial score (nSPS) is 17.1. The Kier molecular flexibility index (Phi) is 6.47. The molecule has 0 radical (unpaired) electrons.